The second-order valence-corrected chi connectivity index (χ2v) is 5.56. The molecular weight excluding hydrogens is 266 g/mol. The minimum Gasteiger partial charge on any atom is -0.398 e. The summed E-state index contributed by atoms with van der Waals surface area (Å²) in [4.78, 5) is -0.363. The molecule has 0 aliphatic rings. The SMILES string of the molecule is Nc1ccc(CCC=S(=O)=O)cc1S(=O)(=O)O. The third-order valence-electron chi connectivity index (χ3n) is 2.04. The lowest BCUT2D eigenvalue weighted by Crippen LogP contribution is -2.04. The van der Waals surface area contributed by atoms with Crippen LogP contribution in [0.25, 0.3) is 0 Å². The van der Waals surface area contributed by atoms with Crippen LogP contribution in [-0.2, 0) is 26.8 Å². The average molecular weight is 277 g/mol. The molecule has 0 radical (unpaired) electrons. The van der Waals surface area contributed by atoms with E-state index in [0.717, 1.165) is 5.37 Å². The lowest BCUT2D eigenvalue weighted by molar-refractivity contribution is 0.483. The number of benzene rings is 1. The van der Waals surface area contributed by atoms with Crippen LogP contribution < -0.4 is 5.73 Å². The van der Waals surface area contributed by atoms with E-state index in [2.05, 4.69) is 0 Å². The first kappa shape index (κ1) is 13.7. The van der Waals surface area contributed by atoms with Crippen LogP contribution in [-0.4, -0.2) is 26.8 Å². The topological polar surface area (TPSA) is 115 Å². The van der Waals surface area contributed by atoms with Crippen LogP contribution in [0, 0.1) is 0 Å². The number of hydrogen-bond acceptors (Lipinski definition) is 5. The molecule has 94 valence electrons. The molecule has 0 amide bonds. The lowest BCUT2D eigenvalue weighted by Gasteiger charge is -2.04. The second kappa shape index (κ2) is 5.30. The highest BCUT2D eigenvalue weighted by atomic mass is 32.2. The van der Waals surface area contributed by atoms with E-state index in [1.54, 1.807) is 6.07 Å². The number of nitrogens with two attached hydrogens (primary N) is 1. The van der Waals surface area contributed by atoms with E-state index in [4.69, 9.17) is 10.3 Å². The molecule has 1 rings (SSSR count). The first-order valence-electron chi connectivity index (χ1n) is 4.58. The van der Waals surface area contributed by atoms with Crippen molar-refractivity contribution in [2.24, 2.45) is 0 Å². The first-order chi connectivity index (χ1) is 7.80. The van der Waals surface area contributed by atoms with Crippen molar-refractivity contribution in [2.45, 2.75) is 17.7 Å². The van der Waals surface area contributed by atoms with E-state index < -0.39 is 20.4 Å². The zero-order chi connectivity index (χ0) is 13.1. The Kier molecular flexibility index (Phi) is 4.27. The van der Waals surface area contributed by atoms with Gasteiger partial charge in [-0.15, -0.1) is 0 Å². The summed E-state index contributed by atoms with van der Waals surface area (Å²) in [6.45, 7) is 0. The van der Waals surface area contributed by atoms with Crippen molar-refractivity contribution >= 4 is 31.5 Å². The quantitative estimate of drug-likeness (QED) is 0.459. The molecule has 1 aromatic carbocycles. The molecule has 0 aliphatic carbocycles. The number of nitrogen functional groups attached to an aromatic ring is 1. The molecule has 0 atom stereocenters. The Hall–Kier alpha value is -1.38. The molecule has 17 heavy (non-hydrogen) atoms. The molecule has 1 aromatic rings. The third-order valence-corrected chi connectivity index (χ3v) is 3.46. The van der Waals surface area contributed by atoms with Gasteiger partial charge in [-0.2, -0.15) is 16.8 Å². The van der Waals surface area contributed by atoms with Gasteiger partial charge in [0.05, 0.1) is 5.69 Å². The third kappa shape index (κ3) is 4.17. The van der Waals surface area contributed by atoms with E-state index in [1.807, 2.05) is 0 Å². The van der Waals surface area contributed by atoms with E-state index in [9.17, 15) is 16.8 Å². The Morgan fingerprint density at radius 3 is 2.53 bits per heavy atom. The zero-order valence-electron chi connectivity index (χ0n) is 8.70. The number of aryl methyl sites for hydroxylation is 1. The van der Waals surface area contributed by atoms with Gasteiger partial charge in [0.25, 0.3) is 10.1 Å². The summed E-state index contributed by atoms with van der Waals surface area (Å²) in [6, 6.07) is 4.16. The Balaban J connectivity index is 3.02. The average Bonchev–Trinajstić information content (AvgIpc) is 2.18. The van der Waals surface area contributed by atoms with Crippen LogP contribution in [0.15, 0.2) is 23.1 Å². The molecule has 0 saturated heterocycles. The Morgan fingerprint density at radius 1 is 1.35 bits per heavy atom. The maximum absolute atomic E-state index is 11.0. The fraction of sp³-hybridized carbons (Fsp3) is 0.222. The van der Waals surface area contributed by atoms with Crippen molar-refractivity contribution in [1.29, 1.82) is 0 Å². The van der Waals surface area contributed by atoms with Gasteiger partial charge >= 0.3 is 0 Å². The van der Waals surface area contributed by atoms with Gasteiger partial charge < -0.3 is 5.73 Å². The molecule has 0 heterocycles. The molecular formula is C9H11NO5S2. The second-order valence-electron chi connectivity index (χ2n) is 3.31. The van der Waals surface area contributed by atoms with Crippen LogP contribution in [0.2, 0.25) is 0 Å². The summed E-state index contributed by atoms with van der Waals surface area (Å²) in [5.41, 5.74) is 5.94. The number of anilines is 1. The van der Waals surface area contributed by atoms with E-state index in [0.29, 0.717) is 12.0 Å². The van der Waals surface area contributed by atoms with Crippen molar-refractivity contribution in [2.75, 3.05) is 5.73 Å². The minimum atomic E-state index is -4.35. The van der Waals surface area contributed by atoms with Crippen molar-refractivity contribution < 1.29 is 21.4 Å². The summed E-state index contributed by atoms with van der Waals surface area (Å²) in [6.07, 6.45) is 0.599. The minimum absolute atomic E-state index is 0.0485. The molecule has 8 heteroatoms. The summed E-state index contributed by atoms with van der Waals surface area (Å²) in [5.74, 6) is 0. The highest BCUT2D eigenvalue weighted by molar-refractivity contribution is 7.86. The van der Waals surface area contributed by atoms with E-state index in [1.165, 1.54) is 12.1 Å². The van der Waals surface area contributed by atoms with Gasteiger partial charge in [0.15, 0.2) is 0 Å². The molecule has 0 saturated carbocycles. The predicted octanol–water partition coefficient (Wildman–Crippen LogP) is 0.129. The van der Waals surface area contributed by atoms with Gasteiger partial charge in [-0.05, 0) is 30.5 Å². The van der Waals surface area contributed by atoms with Gasteiger partial charge in [-0.3, -0.25) is 4.55 Å². The zero-order valence-corrected chi connectivity index (χ0v) is 10.3. The number of rotatable bonds is 4. The van der Waals surface area contributed by atoms with Crippen LogP contribution in [0.1, 0.15) is 12.0 Å². The van der Waals surface area contributed by atoms with Crippen molar-refractivity contribution in [3.63, 3.8) is 0 Å². The molecule has 3 N–H and O–H groups in total. The first-order valence-corrected chi connectivity index (χ1v) is 7.16. The van der Waals surface area contributed by atoms with Crippen molar-refractivity contribution in [3.8, 4) is 0 Å². The summed E-state index contributed by atoms with van der Waals surface area (Å²) in [7, 11) is -6.59. The maximum atomic E-state index is 11.0. The predicted molar refractivity (Wildman–Crippen MR) is 64.0 cm³/mol. The van der Waals surface area contributed by atoms with Crippen LogP contribution in [0.3, 0.4) is 0 Å². The monoisotopic (exact) mass is 277 g/mol. The maximum Gasteiger partial charge on any atom is 0.296 e. The Morgan fingerprint density at radius 2 is 2.00 bits per heavy atom. The Labute approximate surface area is 100 Å². The van der Waals surface area contributed by atoms with Crippen LogP contribution >= 0.6 is 0 Å². The lowest BCUT2D eigenvalue weighted by atomic mass is 10.1. The fourth-order valence-corrected chi connectivity index (χ4v) is 2.26. The fourth-order valence-electron chi connectivity index (χ4n) is 1.28. The highest BCUT2D eigenvalue weighted by Crippen LogP contribution is 2.20. The van der Waals surface area contributed by atoms with Gasteiger partial charge in [0.1, 0.15) is 4.90 Å². The van der Waals surface area contributed by atoms with Crippen molar-refractivity contribution in [1.82, 2.24) is 0 Å². The molecule has 0 aliphatic heterocycles. The molecule has 0 spiro atoms. The summed E-state index contributed by atoms with van der Waals surface area (Å²) in [5, 5.41) is 1.07. The van der Waals surface area contributed by atoms with E-state index >= 15 is 0 Å². The van der Waals surface area contributed by atoms with Crippen molar-refractivity contribution in [3.05, 3.63) is 23.8 Å². The van der Waals surface area contributed by atoms with Gasteiger partial charge in [0, 0.05) is 5.37 Å². The summed E-state index contributed by atoms with van der Waals surface area (Å²) < 4.78 is 51.3. The normalized spacial score (nSPS) is 11.1. The molecule has 0 bridgehead atoms. The van der Waals surface area contributed by atoms with Gasteiger partial charge in [-0.25, -0.2) is 0 Å². The highest BCUT2D eigenvalue weighted by Gasteiger charge is 2.13. The van der Waals surface area contributed by atoms with Gasteiger partial charge in [0.2, 0.25) is 10.3 Å². The largest absolute Gasteiger partial charge is 0.398 e. The summed E-state index contributed by atoms with van der Waals surface area (Å²) >= 11 is 0. The smallest absolute Gasteiger partial charge is 0.296 e. The van der Waals surface area contributed by atoms with Crippen LogP contribution in [0.5, 0.6) is 0 Å². The van der Waals surface area contributed by atoms with Crippen LogP contribution in [0.4, 0.5) is 5.69 Å². The van der Waals surface area contributed by atoms with E-state index in [-0.39, 0.29) is 17.0 Å². The molecule has 6 nitrogen and oxygen atoms in total. The standard InChI is InChI=1S/C9H11NO5S2/c10-8-4-3-7(2-1-5-16(11)12)6-9(8)17(13,14)15/h3-6H,1-2,10H2,(H,13,14,15). The van der Waals surface area contributed by atoms with Gasteiger partial charge in [-0.1, -0.05) is 6.07 Å². The Bertz CT molecular complexity index is 638. The molecule has 0 aromatic heterocycles. The molecule has 0 fully saturated rings. The molecule has 0 unspecified atom stereocenters. The number of hydrogen-bond donors (Lipinski definition) is 2.